The predicted octanol–water partition coefficient (Wildman–Crippen LogP) is 3.04. The molecule has 1 aliphatic heterocycles. The summed E-state index contributed by atoms with van der Waals surface area (Å²) in [5.41, 5.74) is 0.114. The Labute approximate surface area is 106 Å². The van der Waals surface area contributed by atoms with Crippen molar-refractivity contribution in [2.24, 2.45) is 5.92 Å². The molecule has 1 heterocycles. The van der Waals surface area contributed by atoms with Crippen molar-refractivity contribution in [2.45, 2.75) is 32.4 Å². The maximum absolute atomic E-state index is 13.6. The number of nitrogens with one attached hydrogen (secondary N) is 1. The minimum absolute atomic E-state index is 0.114. The molecule has 0 saturated carbocycles. The lowest BCUT2D eigenvalue weighted by atomic mass is 9.98. The molecule has 1 saturated heterocycles. The quantitative estimate of drug-likeness (QED) is 0.893. The largest absolute Gasteiger partial charge is 0.381 e. The van der Waals surface area contributed by atoms with Crippen molar-refractivity contribution in [3.05, 3.63) is 35.4 Å². The first-order valence-electron chi connectivity index (χ1n) is 6.37. The van der Waals surface area contributed by atoms with Crippen molar-refractivity contribution < 1.29 is 13.5 Å². The summed E-state index contributed by atoms with van der Waals surface area (Å²) >= 11 is 0. The first-order valence-corrected chi connectivity index (χ1v) is 6.37. The molecule has 18 heavy (non-hydrogen) atoms. The molecule has 1 aromatic carbocycles. The summed E-state index contributed by atoms with van der Waals surface area (Å²) in [5.74, 6) is -0.572. The van der Waals surface area contributed by atoms with Crippen LogP contribution in [0.25, 0.3) is 0 Å². The molecular formula is C14H19F2NO. The van der Waals surface area contributed by atoms with E-state index in [0.717, 1.165) is 19.6 Å². The van der Waals surface area contributed by atoms with E-state index in [1.54, 1.807) is 6.92 Å². The molecule has 3 unspecified atom stereocenters. The van der Waals surface area contributed by atoms with Gasteiger partial charge in [0.2, 0.25) is 0 Å². The second kappa shape index (κ2) is 5.76. The van der Waals surface area contributed by atoms with Crippen LogP contribution in [0.5, 0.6) is 0 Å². The van der Waals surface area contributed by atoms with Crippen molar-refractivity contribution in [3.63, 3.8) is 0 Å². The van der Waals surface area contributed by atoms with Gasteiger partial charge in [-0.05, 0) is 38.3 Å². The Morgan fingerprint density at radius 1 is 1.28 bits per heavy atom. The Balaban J connectivity index is 2.04. The third-order valence-electron chi connectivity index (χ3n) is 3.62. The van der Waals surface area contributed by atoms with Crippen LogP contribution in [0.15, 0.2) is 18.2 Å². The molecule has 2 rings (SSSR count). The highest BCUT2D eigenvalue weighted by Gasteiger charge is 2.25. The van der Waals surface area contributed by atoms with Crippen molar-refractivity contribution in [2.75, 3.05) is 13.2 Å². The fourth-order valence-electron chi connectivity index (χ4n) is 2.49. The number of halogens is 2. The first kappa shape index (κ1) is 13.4. The number of hydrogen-bond donors (Lipinski definition) is 1. The Morgan fingerprint density at radius 2 is 1.94 bits per heavy atom. The molecule has 0 radical (unpaired) electrons. The van der Waals surface area contributed by atoms with E-state index in [2.05, 4.69) is 5.32 Å². The highest BCUT2D eigenvalue weighted by molar-refractivity contribution is 5.22. The van der Waals surface area contributed by atoms with Gasteiger partial charge in [0.1, 0.15) is 11.6 Å². The Morgan fingerprint density at radius 3 is 2.50 bits per heavy atom. The van der Waals surface area contributed by atoms with Gasteiger partial charge in [-0.2, -0.15) is 0 Å². The van der Waals surface area contributed by atoms with Crippen molar-refractivity contribution in [1.82, 2.24) is 5.32 Å². The normalized spacial score (nSPS) is 23.0. The number of ether oxygens (including phenoxy) is 1. The number of benzene rings is 1. The van der Waals surface area contributed by atoms with Crippen LogP contribution in [-0.4, -0.2) is 19.3 Å². The standard InChI is InChI=1S/C14H19F2NO/c1-9(11-6-7-18-8-11)17-10(2)14-12(15)4-3-5-13(14)16/h3-5,9-11,17H,6-8H2,1-2H3. The minimum atomic E-state index is -0.495. The zero-order chi connectivity index (χ0) is 13.1. The average Bonchev–Trinajstić information content (AvgIpc) is 2.81. The van der Waals surface area contributed by atoms with E-state index >= 15 is 0 Å². The maximum atomic E-state index is 13.6. The minimum Gasteiger partial charge on any atom is -0.381 e. The van der Waals surface area contributed by atoms with Gasteiger partial charge in [0.15, 0.2) is 0 Å². The Hall–Kier alpha value is -1.00. The van der Waals surface area contributed by atoms with Crippen LogP contribution in [-0.2, 0) is 4.74 Å². The molecule has 0 spiro atoms. The first-order chi connectivity index (χ1) is 8.59. The zero-order valence-electron chi connectivity index (χ0n) is 10.7. The predicted molar refractivity (Wildman–Crippen MR) is 66.3 cm³/mol. The zero-order valence-corrected chi connectivity index (χ0v) is 10.7. The van der Waals surface area contributed by atoms with Gasteiger partial charge in [0.05, 0.1) is 6.61 Å². The third kappa shape index (κ3) is 2.87. The molecule has 1 aliphatic rings. The summed E-state index contributed by atoms with van der Waals surface area (Å²) < 4.78 is 32.6. The molecule has 4 heteroatoms. The second-order valence-corrected chi connectivity index (χ2v) is 4.94. The lowest BCUT2D eigenvalue weighted by Crippen LogP contribution is -2.36. The van der Waals surface area contributed by atoms with Gasteiger partial charge in [-0.1, -0.05) is 6.07 Å². The Bertz CT molecular complexity index is 385. The highest BCUT2D eigenvalue weighted by atomic mass is 19.1. The summed E-state index contributed by atoms with van der Waals surface area (Å²) in [4.78, 5) is 0. The van der Waals surface area contributed by atoms with E-state index in [0.29, 0.717) is 5.92 Å². The molecule has 0 aliphatic carbocycles. The van der Waals surface area contributed by atoms with Crippen LogP contribution >= 0.6 is 0 Å². The molecular weight excluding hydrogens is 236 g/mol. The SMILES string of the molecule is CC(NC(C)C1CCOC1)c1c(F)cccc1F. The van der Waals surface area contributed by atoms with Gasteiger partial charge in [0, 0.05) is 24.3 Å². The molecule has 0 aromatic heterocycles. The summed E-state index contributed by atoms with van der Waals surface area (Å²) in [7, 11) is 0. The fraction of sp³-hybridized carbons (Fsp3) is 0.571. The third-order valence-corrected chi connectivity index (χ3v) is 3.62. The van der Waals surface area contributed by atoms with Gasteiger partial charge in [-0.15, -0.1) is 0 Å². The molecule has 1 aromatic rings. The average molecular weight is 255 g/mol. The van der Waals surface area contributed by atoms with Crippen LogP contribution < -0.4 is 5.32 Å². The molecule has 1 N–H and O–H groups in total. The summed E-state index contributed by atoms with van der Waals surface area (Å²) in [6.07, 6.45) is 1.00. The van der Waals surface area contributed by atoms with E-state index in [1.165, 1.54) is 18.2 Å². The monoisotopic (exact) mass is 255 g/mol. The smallest absolute Gasteiger partial charge is 0.130 e. The van der Waals surface area contributed by atoms with Crippen molar-refractivity contribution in [1.29, 1.82) is 0 Å². The molecule has 3 atom stereocenters. The van der Waals surface area contributed by atoms with Crippen LogP contribution in [0.3, 0.4) is 0 Å². The lowest BCUT2D eigenvalue weighted by molar-refractivity contribution is 0.176. The van der Waals surface area contributed by atoms with Gasteiger partial charge in [-0.25, -0.2) is 8.78 Å². The van der Waals surface area contributed by atoms with Crippen LogP contribution in [0.1, 0.15) is 31.9 Å². The van der Waals surface area contributed by atoms with Gasteiger partial charge in [-0.3, -0.25) is 0 Å². The highest BCUT2D eigenvalue weighted by Crippen LogP contribution is 2.23. The molecule has 1 fully saturated rings. The van der Waals surface area contributed by atoms with Gasteiger partial charge < -0.3 is 10.1 Å². The van der Waals surface area contributed by atoms with Gasteiger partial charge >= 0.3 is 0 Å². The molecule has 0 bridgehead atoms. The number of hydrogen-bond acceptors (Lipinski definition) is 2. The van der Waals surface area contributed by atoms with Crippen molar-refractivity contribution in [3.8, 4) is 0 Å². The maximum Gasteiger partial charge on any atom is 0.130 e. The second-order valence-electron chi connectivity index (χ2n) is 4.94. The summed E-state index contributed by atoms with van der Waals surface area (Å²) in [6.45, 7) is 5.32. The Kier molecular flexibility index (Phi) is 4.30. The van der Waals surface area contributed by atoms with Crippen molar-refractivity contribution >= 4 is 0 Å². The van der Waals surface area contributed by atoms with E-state index in [4.69, 9.17) is 4.74 Å². The fourth-order valence-corrected chi connectivity index (χ4v) is 2.49. The van der Waals surface area contributed by atoms with Crippen LogP contribution in [0.4, 0.5) is 8.78 Å². The van der Waals surface area contributed by atoms with Gasteiger partial charge in [0.25, 0.3) is 0 Å². The van der Waals surface area contributed by atoms with Crippen LogP contribution in [0, 0.1) is 17.6 Å². The van der Waals surface area contributed by atoms with E-state index in [9.17, 15) is 8.78 Å². The topological polar surface area (TPSA) is 21.3 Å². The molecule has 2 nitrogen and oxygen atoms in total. The van der Waals surface area contributed by atoms with E-state index < -0.39 is 11.6 Å². The lowest BCUT2D eigenvalue weighted by Gasteiger charge is -2.24. The molecule has 100 valence electrons. The van der Waals surface area contributed by atoms with Crippen LogP contribution in [0.2, 0.25) is 0 Å². The summed E-state index contributed by atoms with van der Waals surface area (Å²) in [6, 6.07) is 3.80. The molecule has 0 amide bonds. The van der Waals surface area contributed by atoms with E-state index in [-0.39, 0.29) is 17.6 Å². The number of rotatable bonds is 4. The van der Waals surface area contributed by atoms with E-state index in [1.807, 2.05) is 6.92 Å². The summed E-state index contributed by atoms with van der Waals surface area (Å²) in [5, 5.41) is 3.26.